The molecule has 222 valence electrons. The fourth-order valence-corrected chi connectivity index (χ4v) is 6.65. The summed E-state index contributed by atoms with van der Waals surface area (Å²) in [5.41, 5.74) is -0.273. The number of ether oxygens (including phenoxy) is 3. The first-order valence-corrected chi connectivity index (χ1v) is 14.8. The Balaban J connectivity index is 1.39. The highest BCUT2D eigenvalue weighted by atomic mass is 19.1. The summed E-state index contributed by atoms with van der Waals surface area (Å²) in [6.45, 7) is 4.78. The van der Waals surface area contributed by atoms with Crippen molar-refractivity contribution in [2.45, 2.75) is 103 Å². The van der Waals surface area contributed by atoms with Crippen LogP contribution in [0.25, 0.3) is 0 Å². The zero-order valence-corrected chi connectivity index (χ0v) is 24.4. The lowest BCUT2D eigenvalue weighted by Crippen LogP contribution is -2.46. The molecule has 0 aliphatic heterocycles. The average Bonchev–Trinajstić information content (AvgIpc) is 3.41. The van der Waals surface area contributed by atoms with Gasteiger partial charge >= 0.3 is 5.97 Å². The molecule has 3 saturated carbocycles. The van der Waals surface area contributed by atoms with Gasteiger partial charge in [0.05, 0.1) is 37.2 Å². The van der Waals surface area contributed by atoms with Gasteiger partial charge in [0.1, 0.15) is 5.75 Å². The maximum absolute atomic E-state index is 14.9. The Hall–Kier alpha value is -2.84. The predicted molar refractivity (Wildman–Crippen MR) is 149 cm³/mol. The van der Waals surface area contributed by atoms with Crippen molar-refractivity contribution in [3.8, 4) is 11.5 Å². The van der Waals surface area contributed by atoms with Gasteiger partial charge in [0.25, 0.3) is 5.91 Å². The summed E-state index contributed by atoms with van der Waals surface area (Å²) in [6.07, 6.45) is 10.2. The average molecular weight is 561 g/mol. The van der Waals surface area contributed by atoms with Gasteiger partial charge in [0, 0.05) is 18.7 Å². The maximum Gasteiger partial charge on any atom is 0.311 e. The quantitative estimate of drug-likeness (QED) is 0.397. The summed E-state index contributed by atoms with van der Waals surface area (Å²) < 4.78 is 31.2. The van der Waals surface area contributed by atoms with E-state index in [9.17, 15) is 18.8 Å². The minimum Gasteiger partial charge on any atom is -0.496 e. The largest absolute Gasteiger partial charge is 0.496 e. The minimum atomic E-state index is -0.621. The SMILES string of the molecule is COc1cc(F)c(O[C@H]2CC[C@@](C)(C(=O)OC)CC2)cc1C(=O)N[C@@H]1CCC[C@@H]1C(=O)NCC1(C)CCCCC1. The van der Waals surface area contributed by atoms with Crippen LogP contribution in [0.1, 0.15) is 101 Å². The van der Waals surface area contributed by atoms with E-state index >= 15 is 0 Å². The van der Waals surface area contributed by atoms with Crippen LogP contribution in [0.4, 0.5) is 4.39 Å². The molecule has 8 nitrogen and oxygen atoms in total. The molecule has 3 aliphatic rings. The molecule has 2 N–H and O–H groups in total. The van der Waals surface area contributed by atoms with Crippen molar-refractivity contribution in [2.75, 3.05) is 20.8 Å². The summed E-state index contributed by atoms with van der Waals surface area (Å²) in [5.74, 6) is -1.53. The van der Waals surface area contributed by atoms with Gasteiger partial charge in [-0.2, -0.15) is 0 Å². The Labute approximate surface area is 237 Å². The van der Waals surface area contributed by atoms with Gasteiger partial charge in [-0.1, -0.05) is 32.6 Å². The third-order valence-corrected chi connectivity index (χ3v) is 9.43. The molecule has 0 heterocycles. The fraction of sp³-hybridized carbons (Fsp3) is 0.710. The van der Waals surface area contributed by atoms with Gasteiger partial charge in [0.2, 0.25) is 5.91 Å². The van der Waals surface area contributed by atoms with E-state index in [1.165, 1.54) is 39.5 Å². The van der Waals surface area contributed by atoms with Crippen molar-refractivity contribution in [3.63, 3.8) is 0 Å². The van der Waals surface area contributed by atoms with Gasteiger partial charge < -0.3 is 24.8 Å². The normalized spacial score (nSPS) is 27.9. The monoisotopic (exact) mass is 560 g/mol. The molecule has 0 saturated heterocycles. The molecule has 0 radical (unpaired) electrons. The highest BCUT2D eigenvalue weighted by Gasteiger charge is 2.40. The van der Waals surface area contributed by atoms with Crippen LogP contribution >= 0.6 is 0 Å². The Kier molecular flexibility index (Phi) is 9.62. The lowest BCUT2D eigenvalue weighted by Gasteiger charge is -2.35. The molecule has 3 fully saturated rings. The molecule has 1 aromatic carbocycles. The Bertz CT molecular complexity index is 1080. The molecule has 9 heteroatoms. The highest BCUT2D eigenvalue weighted by molar-refractivity contribution is 5.98. The van der Waals surface area contributed by atoms with E-state index in [1.54, 1.807) is 0 Å². The summed E-state index contributed by atoms with van der Waals surface area (Å²) in [4.78, 5) is 38.6. The van der Waals surface area contributed by atoms with Crippen LogP contribution in [0, 0.1) is 22.6 Å². The number of hydrogen-bond donors (Lipinski definition) is 2. The van der Waals surface area contributed by atoms with Crippen molar-refractivity contribution in [3.05, 3.63) is 23.5 Å². The molecule has 4 rings (SSSR count). The molecule has 0 unspecified atom stereocenters. The van der Waals surface area contributed by atoms with Gasteiger partial charge in [-0.15, -0.1) is 0 Å². The second-order valence-corrected chi connectivity index (χ2v) is 12.6. The van der Waals surface area contributed by atoms with E-state index in [-0.39, 0.29) is 52.4 Å². The van der Waals surface area contributed by atoms with Gasteiger partial charge in [-0.3, -0.25) is 14.4 Å². The van der Waals surface area contributed by atoms with Crippen LogP contribution in [-0.2, 0) is 14.3 Å². The van der Waals surface area contributed by atoms with E-state index in [0.717, 1.165) is 25.3 Å². The molecule has 0 bridgehead atoms. The van der Waals surface area contributed by atoms with Gasteiger partial charge in [-0.05, 0) is 69.8 Å². The van der Waals surface area contributed by atoms with Gasteiger partial charge in [0.15, 0.2) is 11.6 Å². The highest BCUT2D eigenvalue weighted by Crippen LogP contribution is 2.39. The second-order valence-electron chi connectivity index (χ2n) is 12.6. The Morgan fingerprint density at radius 1 is 0.925 bits per heavy atom. The second kappa shape index (κ2) is 12.8. The molecule has 3 aliphatic carbocycles. The number of carbonyl (C=O) groups excluding carboxylic acids is 3. The van der Waals surface area contributed by atoms with E-state index in [2.05, 4.69) is 17.6 Å². The summed E-state index contributed by atoms with van der Waals surface area (Å²) >= 11 is 0. The number of hydrogen-bond acceptors (Lipinski definition) is 6. The van der Waals surface area contributed by atoms with Crippen molar-refractivity contribution >= 4 is 17.8 Å². The number of nitrogens with one attached hydrogen (secondary N) is 2. The van der Waals surface area contributed by atoms with Crippen LogP contribution < -0.4 is 20.1 Å². The molecular formula is C31H45FN2O6. The molecule has 0 aromatic heterocycles. The number of esters is 1. The number of amides is 2. The first-order chi connectivity index (χ1) is 19.1. The van der Waals surface area contributed by atoms with Crippen molar-refractivity contribution in [2.24, 2.45) is 16.7 Å². The fourth-order valence-electron chi connectivity index (χ4n) is 6.65. The molecule has 0 spiro atoms. The molecule has 40 heavy (non-hydrogen) atoms. The third-order valence-electron chi connectivity index (χ3n) is 9.43. The first kappa shape index (κ1) is 30.1. The summed E-state index contributed by atoms with van der Waals surface area (Å²) in [5, 5.41) is 6.18. The van der Waals surface area contributed by atoms with Crippen LogP contribution in [0.2, 0.25) is 0 Å². The summed E-state index contributed by atoms with van der Waals surface area (Å²) in [7, 11) is 2.77. The molecule has 1 aromatic rings. The smallest absolute Gasteiger partial charge is 0.311 e. The van der Waals surface area contributed by atoms with Crippen molar-refractivity contribution < 1.29 is 33.0 Å². The Morgan fingerprint density at radius 2 is 1.62 bits per heavy atom. The van der Waals surface area contributed by atoms with Crippen molar-refractivity contribution in [1.82, 2.24) is 10.6 Å². The lowest BCUT2D eigenvalue weighted by atomic mass is 9.75. The number of halogens is 1. The zero-order chi connectivity index (χ0) is 28.9. The first-order valence-electron chi connectivity index (χ1n) is 14.8. The van der Waals surface area contributed by atoms with Crippen LogP contribution in [-0.4, -0.2) is 50.7 Å². The van der Waals surface area contributed by atoms with E-state index in [0.29, 0.717) is 45.1 Å². The van der Waals surface area contributed by atoms with E-state index in [4.69, 9.17) is 14.2 Å². The molecular weight excluding hydrogens is 515 g/mol. The number of benzene rings is 1. The van der Waals surface area contributed by atoms with Gasteiger partial charge in [-0.25, -0.2) is 4.39 Å². The van der Waals surface area contributed by atoms with Crippen LogP contribution in [0.3, 0.4) is 0 Å². The van der Waals surface area contributed by atoms with E-state index in [1.807, 2.05) is 6.92 Å². The third kappa shape index (κ3) is 6.89. The van der Waals surface area contributed by atoms with E-state index < -0.39 is 17.1 Å². The maximum atomic E-state index is 14.9. The topological polar surface area (TPSA) is 103 Å². The number of rotatable bonds is 9. The number of carbonyl (C=O) groups is 3. The molecule has 2 amide bonds. The Morgan fingerprint density at radius 3 is 2.27 bits per heavy atom. The standard InChI is InChI=1S/C31H45FN2O6/c1-30(13-6-5-7-14-30)19-33-27(35)21-9-8-10-24(21)34-28(36)22-17-26(23(32)18-25(22)38-3)40-20-11-15-31(2,16-12-20)29(37)39-4/h17-18,20-21,24H,5-16,19H2,1-4H3,(H,33,35)(H,34,36)/t20-,21-,24+,31+/m0/s1. The van der Waals surface area contributed by atoms with Crippen molar-refractivity contribution in [1.29, 1.82) is 0 Å². The minimum absolute atomic E-state index is 0.0130. The molecule has 2 atom stereocenters. The zero-order valence-electron chi connectivity index (χ0n) is 24.4. The number of methoxy groups -OCH3 is 2. The predicted octanol–water partition coefficient (Wildman–Crippen LogP) is 5.32. The lowest BCUT2D eigenvalue weighted by molar-refractivity contribution is -0.154. The summed E-state index contributed by atoms with van der Waals surface area (Å²) in [6, 6.07) is 2.24. The van der Waals surface area contributed by atoms with Crippen LogP contribution in [0.15, 0.2) is 12.1 Å². The van der Waals surface area contributed by atoms with Crippen LogP contribution in [0.5, 0.6) is 11.5 Å².